The van der Waals surface area contributed by atoms with E-state index in [4.69, 9.17) is 0 Å². The van der Waals surface area contributed by atoms with E-state index in [0.29, 0.717) is 0 Å². The van der Waals surface area contributed by atoms with Crippen molar-refractivity contribution in [3.8, 4) is 5.75 Å². The Bertz CT molecular complexity index is 786. The molecule has 19 heavy (non-hydrogen) atoms. The van der Waals surface area contributed by atoms with Crippen LogP contribution in [0.25, 0.3) is 10.9 Å². The van der Waals surface area contributed by atoms with Crippen LogP contribution in [0.15, 0.2) is 25.0 Å². The number of hydrogen-bond donors (Lipinski definition) is 2. The molecule has 0 radical (unpaired) electrons. The van der Waals surface area contributed by atoms with Gasteiger partial charge in [0.25, 0.3) is 5.56 Å². The highest BCUT2D eigenvalue weighted by Gasteiger charge is 2.25. The van der Waals surface area contributed by atoms with Gasteiger partial charge in [0.15, 0.2) is 5.75 Å². The first-order chi connectivity index (χ1) is 8.88. The van der Waals surface area contributed by atoms with Gasteiger partial charge in [-0.25, -0.2) is 0 Å². The summed E-state index contributed by atoms with van der Waals surface area (Å²) in [7, 11) is 0. The molecule has 0 amide bonds. The lowest BCUT2D eigenvalue weighted by Gasteiger charge is -2.06. The molecule has 0 atom stereocenters. The fourth-order valence-corrected chi connectivity index (χ4v) is 2.46. The Labute approximate surface area is 120 Å². The van der Waals surface area contributed by atoms with Gasteiger partial charge in [0.1, 0.15) is 9.99 Å². The number of pyridine rings is 1. The number of benzene rings is 1. The summed E-state index contributed by atoms with van der Waals surface area (Å²) in [6, 6.07) is 1.33. The van der Waals surface area contributed by atoms with Gasteiger partial charge in [-0.15, -0.1) is 4.91 Å². The summed E-state index contributed by atoms with van der Waals surface area (Å²) < 4.78 is 0.387. The predicted molar refractivity (Wildman–Crippen MR) is 73.7 cm³/mol. The van der Waals surface area contributed by atoms with Crippen molar-refractivity contribution in [2.24, 2.45) is 5.18 Å². The number of nitrogens with one attached hydrogen (secondary N) is 1. The Morgan fingerprint density at radius 1 is 1.42 bits per heavy atom. The van der Waals surface area contributed by atoms with E-state index in [1.807, 2.05) is 0 Å². The average molecular weight is 393 g/mol. The van der Waals surface area contributed by atoms with Crippen molar-refractivity contribution in [1.29, 1.82) is 0 Å². The van der Waals surface area contributed by atoms with E-state index in [2.05, 4.69) is 42.0 Å². The third kappa shape index (κ3) is 2.02. The number of hydrogen-bond acceptors (Lipinski definition) is 6. The van der Waals surface area contributed by atoms with Crippen molar-refractivity contribution in [2.75, 3.05) is 0 Å². The van der Waals surface area contributed by atoms with E-state index in [1.54, 1.807) is 0 Å². The molecule has 8 nitrogen and oxygen atoms in total. The van der Waals surface area contributed by atoms with Crippen molar-refractivity contribution >= 4 is 54.1 Å². The fraction of sp³-hybridized carbons (Fsp3) is 0. The zero-order valence-corrected chi connectivity index (χ0v) is 12.0. The number of fused-ring (bicyclic) bond motifs is 1. The Kier molecular flexibility index (Phi) is 3.37. The molecule has 2 aromatic rings. The van der Waals surface area contributed by atoms with Crippen LogP contribution < -0.4 is 5.56 Å². The second-order valence-corrected chi connectivity index (χ2v) is 5.09. The number of nitroso groups, excluding NO2 is 1. The van der Waals surface area contributed by atoms with E-state index < -0.39 is 27.6 Å². The molecule has 0 bridgehead atoms. The maximum Gasteiger partial charge on any atom is 0.308 e. The highest BCUT2D eigenvalue weighted by Crippen LogP contribution is 2.42. The molecule has 0 aliphatic heterocycles. The predicted octanol–water partition coefficient (Wildman–Crippen LogP) is 3.06. The van der Waals surface area contributed by atoms with Crippen LogP contribution in [0.4, 0.5) is 11.4 Å². The summed E-state index contributed by atoms with van der Waals surface area (Å²) in [5.74, 6) is -0.704. The highest BCUT2D eigenvalue weighted by molar-refractivity contribution is 9.13. The van der Waals surface area contributed by atoms with Gasteiger partial charge in [0.05, 0.1) is 10.3 Å². The zero-order valence-electron chi connectivity index (χ0n) is 8.81. The number of H-pyrrole nitrogens is 1. The Balaban J connectivity index is 3.12. The smallest absolute Gasteiger partial charge is 0.308 e. The molecular weight excluding hydrogens is 390 g/mol. The van der Waals surface area contributed by atoms with Crippen molar-refractivity contribution in [3.63, 3.8) is 0 Å². The molecule has 0 spiro atoms. The second kappa shape index (κ2) is 4.70. The first-order valence-electron chi connectivity index (χ1n) is 4.63. The first kappa shape index (κ1) is 13.6. The molecule has 0 aliphatic carbocycles. The molecule has 1 aromatic heterocycles. The molecule has 0 unspecified atom stereocenters. The monoisotopic (exact) mass is 391 g/mol. The standard InChI is InChI=1S/C9H3Br2N3O5/c10-3-1-2-5(7(4(3)11)14(18)19)12-9(16)6(13-17)8(2)15/h1H,(H2,12,15,16). The molecule has 2 N–H and O–H groups in total. The normalized spacial score (nSPS) is 10.6. The molecule has 2 rings (SSSR count). The van der Waals surface area contributed by atoms with Gasteiger partial charge in [-0.3, -0.25) is 14.9 Å². The Hall–Kier alpha value is -1.81. The Morgan fingerprint density at radius 3 is 2.58 bits per heavy atom. The van der Waals surface area contributed by atoms with E-state index in [0.717, 1.165) is 0 Å². The van der Waals surface area contributed by atoms with E-state index >= 15 is 0 Å². The van der Waals surface area contributed by atoms with Crippen LogP contribution in [0.3, 0.4) is 0 Å². The maximum atomic E-state index is 11.5. The number of nitrogens with zero attached hydrogens (tertiary/aromatic N) is 2. The lowest BCUT2D eigenvalue weighted by molar-refractivity contribution is -0.384. The first-order valence-corrected chi connectivity index (χ1v) is 6.21. The summed E-state index contributed by atoms with van der Waals surface area (Å²) in [6.07, 6.45) is 0. The average Bonchev–Trinajstić information content (AvgIpc) is 2.32. The maximum absolute atomic E-state index is 11.5. The van der Waals surface area contributed by atoms with Gasteiger partial charge in [-0.05, 0) is 43.1 Å². The van der Waals surface area contributed by atoms with Crippen molar-refractivity contribution in [1.82, 2.24) is 4.98 Å². The summed E-state index contributed by atoms with van der Waals surface area (Å²) in [5, 5.41) is 23.2. The molecule has 10 heteroatoms. The number of nitro benzene ring substituents is 1. The molecule has 0 saturated heterocycles. The summed E-state index contributed by atoms with van der Waals surface area (Å²) in [5.41, 5.74) is -2.36. The summed E-state index contributed by atoms with van der Waals surface area (Å²) >= 11 is 6.08. The van der Waals surface area contributed by atoms with Crippen LogP contribution in [0.1, 0.15) is 0 Å². The lowest BCUT2D eigenvalue weighted by Crippen LogP contribution is -2.07. The van der Waals surface area contributed by atoms with Gasteiger partial charge in [-0.1, -0.05) is 0 Å². The van der Waals surface area contributed by atoms with Gasteiger partial charge in [0.2, 0.25) is 5.69 Å². The molecule has 98 valence electrons. The summed E-state index contributed by atoms with van der Waals surface area (Å²) in [6.45, 7) is 0. The van der Waals surface area contributed by atoms with Crippen LogP contribution in [-0.2, 0) is 0 Å². The van der Waals surface area contributed by atoms with Crippen LogP contribution in [0, 0.1) is 15.0 Å². The topological polar surface area (TPSA) is 126 Å². The molecule has 0 aliphatic rings. The highest BCUT2D eigenvalue weighted by atomic mass is 79.9. The molecule has 0 saturated carbocycles. The van der Waals surface area contributed by atoms with E-state index in [9.17, 15) is 24.9 Å². The number of nitro groups is 1. The van der Waals surface area contributed by atoms with E-state index in [-0.39, 0.29) is 19.8 Å². The Morgan fingerprint density at radius 2 is 2.05 bits per heavy atom. The zero-order chi connectivity index (χ0) is 14.3. The van der Waals surface area contributed by atoms with Crippen LogP contribution in [0.5, 0.6) is 5.75 Å². The van der Waals surface area contributed by atoms with Crippen molar-refractivity contribution in [2.45, 2.75) is 0 Å². The molecule has 1 heterocycles. The molecular formula is C9H3Br2N3O5. The van der Waals surface area contributed by atoms with E-state index in [1.165, 1.54) is 6.07 Å². The number of rotatable bonds is 2. The van der Waals surface area contributed by atoms with Gasteiger partial charge < -0.3 is 10.1 Å². The second-order valence-electron chi connectivity index (χ2n) is 3.44. The van der Waals surface area contributed by atoms with Crippen molar-refractivity contribution in [3.05, 3.63) is 40.4 Å². The largest absolute Gasteiger partial charge is 0.505 e. The number of aromatic amines is 1. The summed E-state index contributed by atoms with van der Waals surface area (Å²) in [4.78, 5) is 34.5. The number of aromatic hydroxyl groups is 1. The minimum Gasteiger partial charge on any atom is -0.505 e. The van der Waals surface area contributed by atoms with Crippen LogP contribution in [-0.4, -0.2) is 15.0 Å². The number of halogens is 2. The molecule has 0 fully saturated rings. The fourth-order valence-electron chi connectivity index (χ4n) is 1.59. The third-order valence-electron chi connectivity index (χ3n) is 2.40. The van der Waals surface area contributed by atoms with Gasteiger partial charge in [-0.2, -0.15) is 0 Å². The SMILES string of the molecule is O=Nc1c(O)c2cc(Br)c(Br)c([N+](=O)[O-])c2[nH]c1=O. The van der Waals surface area contributed by atoms with Crippen LogP contribution in [0.2, 0.25) is 0 Å². The van der Waals surface area contributed by atoms with Crippen molar-refractivity contribution < 1.29 is 10.0 Å². The number of aromatic nitrogens is 1. The lowest BCUT2D eigenvalue weighted by atomic mass is 10.1. The van der Waals surface area contributed by atoms with Gasteiger partial charge in [0, 0.05) is 4.47 Å². The minimum absolute atomic E-state index is 0.0593. The third-order valence-corrected chi connectivity index (χ3v) is 4.36. The van der Waals surface area contributed by atoms with Gasteiger partial charge >= 0.3 is 5.69 Å². The molecule has 1 aromatic carbocycles. The van der Waals surface area contributed by atoms with Crippen LogP contribution >= 0.6 is 31.9 Å². The minimum atomic E-state index is -1.00. The quantitative estimate of drug-likeness (QED) is 0.461.